The van der Waals surface area contributed by atoms with Crippen LogP contribution in [0.25, 0.3) is 0 Å². The van der Waals surface area contributed by atoms with Gasteiger partial charge < -0.3 is 10.0 Å². The maximum atomic E-state index is 12.9. The zero-order valence-electron chi connectivity index (χ0n) is 11.0. The van der Waals surface area contributed by atoms with Crippen LogP contribution in [0, 0.1) is 5.92 Å². The molecule has 0 spiro atoms. The minimum absolute atomic E-state index is 0.0527. The maximum Gasteiger partial charge on any atom is 0.417 e. The Kier molecular flexibility index (Phi) is 4.04. The van der Waals surface area contributed by atoms with Gasteiger partial charge in [0.2, 0.25) is 0 Å². The van der Waals surface area contributed by atoms with Crippen LogP contribution in [0.5, 0.6) is 0 Å². The topological polar surface area (TPSA) is 40.5 Å². The Bertz CT molecular complexity index is 501. The quantitative estimate of drug-likeness (QED) is 0.862. The van der Waals surface area contributed by atoms with E-state index >= 15 is 0 Å². The summed E-state index contributed by atoms with van der Waals surface area (Å²) >= 11 is 0. The molecule has 1 aromatic rings. The summed E-state index contributed by atoms with van der Waals surface area (Å²) in [5.41, 5.74) is -1.29. The smallest absolute Gasteiger partial charge is 0.391 e. The van der Waals surface area contributed by atoms with Crippen LogP contribution in [-0.2, 0) is 6.18 Å². The Balaban J connectivity index is 2.26. The summed E-state index contributed by atoms with van der Waals surface area (Å²) < 4.78 is 38.7. The minimum Gasteiger partial charge on any atom is -0.391 e. The fraction of sp³-hybridized carbons (Fsp3) is 0.500. The van der Waals surface area contributed by atoms with E-state index in [1.807, 2.05) is 6.92 Å². The number of alkyl halides is 3. The number of hydrogen-bond donors (Lipinski definition) is 1. The van der Waals surface area contributed by atoms with Crippen LogP contribution in [0.4, 0.5) is 13.2 Å². The minimum atomic E-state index is -4.56. The van der Waals surface area contributed by atoms with Crippen molar-refractivity contribution >= 4 is 5.91 Å². The van der Waals surface area contributed by atoms with E-state index in [1.54, 1.807) is 0 Å². The fourth-order valence-electron chi connectivity index (χ4n) is 2.32. The zero-order valence-corrected chi connectivity index (χ0v) is 11.0. The van der Waals surface area contributed by atoms with E-state index in [4.69, 9.17) is 0 Å². The lowest BCUT2D eigenvalue weighted by Gasteiger charge is -2.34. The molecule has 2 atom stereocenters. The number of benzene rings is 1. The van der Waals surface area contributed by atoms with E-state index in [2.05, 4.69) is 0 Å². The second-order valence-electron chi connectivity index (χ2n) is 5.13. The van der Waals surface area contributed by atoms with Gasteiger partial charge in [0.1, 0.15) is 0 Å². The number of amides is 1. The molecule has 1 aliphatic heterocycles. The van der Waals surface area contributed by atoms with Crippen molar-refractivity contribution in [3.8, 4) is 0 Å². The van der Waals surface area contributed by atoms with Gasteiger partial charge in [0.15, 0.2) is 0 Å². The van der Waals surface area contributed by atoms with Gasteiger partial charge in [-0.25, -0.2) is 0 Å². The number of hydrogen-bond acceptors (Lipinski definition) is 2. The summed E-state index contributed by atoms with van der Waals surface area (Å²) in [5, 5.41) is 9.76. The molecule has 0 saturated carbocycles. The lowest BCUT2D eigenvalue weighted by atomic mass is 9.95. The standard InChI is InChI=1S/C14H16F3NO2/c1-9-6-7-18(8-12(9)19)13(20)10-4-2-3-5-11(10)14(15,16)17/h2-5,9,12,19H,6-8H2,1H3. The van der Waals surface area contributed by atoms with Crippen LogP contribution in [0.3, 0.4) is 0 Å². The number of likely N-dealkylation sites (tertiary alicyclic amines) is 1. The Hall–Kier alpha value is -1.56. The van der Waals surface area contributed by atoms with Crippen molar-refractivity contribution in [3.05, 3.63) is 35.4 Å². The molecule has 0 bridgehead atoms. The number of piperidine rings is 1. The summed E-state index contributed by atoms with van der Waals surface area (Å²) in [4.78, 5) is 13.5. The number of aliphatic hydroxyl groups excluding tert-OH is 1. The molecule has 1 fully saturated rings. The molecule has 3 nitrogen and oxygen atoms in total. The molecular formula is C14H16F3NO2. The molecular weight excluding hydrogens is 271 g/mol. The molecule has 20 heavy (non-hydrogen) atoms. The zero-order chi connectivity index (χ0) is 14.9. The molecule has 0 aromatic heterocycles. The lowest BCUT2D eigenvalue weighted by Crippen LogP contribution is -2.46. The van der Waals surface area contributed by atoms with E-state index < -0.39 is 23.8 Å². The van der Waals surface area contributed by atoms with Gasteiger partial charge in [-0.1, -0.05) is 19.1 Å². The third-order valence-electron chi connectivity index (χ3n) is 3.67. The summed E-state index contributed by atoms with van der Waals surface area (Å²) in [6, 6.07) is 4.74. The summed E-state index contributed by atoms with van der Waals surface area (Å²) in [5.74, 6) is -0.624. The van der Waals surface area contributed by atoms with E-state index in [1.165, 1.54) is 23.1 Å². The Labute approximate surface area is 115 Å². The average Bonchev–Trinajstić information content (AvgIpc) is 2.40. The first-order valence-electron chi connectivity index (χ1n) is 6.44. The van der Waals surface area contributed by atoms with Gasteiger partial charge >= 0.3 is 6.18 Å². The average molecular weight is 287 g/mol. The van der Waals surface area contributed by atoms with Gasteiger partial charge in [0.05, 0.1) is 17.2 Å². The monoisotopic (exact) mass is 287 g/mol. The van der Waals surface area contributed by atoms with Gasteiger partial charge in [-0.2, -0.15) is 13.2 Å². The van der Waals surface area contributed by atoms with Crippen LogP contribution in [0.2, 0.25) is 0 Å². The van der Waals surface area contributed by atoms with Crippen LogP contribution < -0.4 is 0 Å². The first kappa shape index (κ1) is 14.8. The molecule has 0 aliphatic carbocycles. The van der Waals surface area contributed by atoms with Crippen molar-refractivity contribution in [2.24, 2.45) is 5.92 Å². The van der Waals surface area contributed by atoms with Gasteiger partial charge in [0, 0.05) is 13.1 Å². The second-order valence-corrected chi connectivity index (χ2v) is 5.13. The summed E-state index contributed by atoms with van der Waals surface area (Å²) in [7, 11) is 0. The van der Waals surface area contributed by atoms with Crippen molar-refractivity contribution in [3.63, 3.8) is 0 Å². The number of halogens is 3. The number of aliphatic hydroxyl groups is 1. The molecule has 2 rings (SSSR count). The summed E-state index contributed by atoms with van der Waals surface area (Å²) in [6.07, 6.45) is -4.67. The van der Waals surface area contributed by atoms with Crippen LogP contribution >= 0.6 is 0 Å². The number of β-amino-alcohol motifs (C(OH)–C–C–N with tert-alkyl or cyclic N) is 1. The molecule has 1 aliphatic rings. The van der Waals surface area contributed by atoms with Gasteiger partial charge in [0.25, 0.3) is 5.91 Å². The van der Waals surface area contributed by atoms with Crippen LogP contribution in [-0.4, -0.2) is 35.1 Å². The molecule has 1 amide bonds. The third kappa shape index (κ3) is 2.95. The van der Waals surface area contributed by atoms with E-state index in [0.717, 1.165) is 6.07 Å². The third-order valence-corrected chi connectivity index (χ3v) is 3.67. The molecule has 1 aromatic carbocycles. The highest BCUT2D eigenvalue weighted by Gasteiger charge is 2.37. The SMILES string of the molecule is CC1CCN(C(=O)c2ccccc2C(F)(F)F)CC1O. The second kappa shape index (κ2) is 5.44. The van der Waals surface area contributed by atoms with E-state index in [-0.39, 0.29) is 18.0 Å². The molecule has 0 radical (unpaired) electrons. The lowest BCUT2D eigenvalue weighted by molar-refractivity contribution is -0.138. The van der Waals surface area contributed by atoms with Crippen LogP contribution in [0.1, 0.15) is 29.3 Å². The normalized spacial score (nSPS) is 23.8. The van der Waals surface area contributed by atoms with E-state index in [9.17, 15) is 23.1 Å². The van der Waals surface area contributed by atoms with Crippen molar-refractivity contribution in [2.75, 3.05) is 13.1 Å². The van der Waals surface area contributed by atoms with Crippen molar-refractivity contribution in [1.29, 1.82) is 0 Å². The van der Waals surface area contributed by atoms with Gasteiger partial charge in [-0.05, 0) is 24.5 Å². The number of carbonyl (C=O) groups excluding carboxylic acids is 1. The molecule has 2 unspecified atom stereocenters. The molecule has 1 saturated heterocycles. The highest BCUT2D eigenvalue weighted by Crippen LogP contribution is 2.32. The van der Waals surface area contributed by atoms with Gasteiger partial charge in [-0.15, -0.1) is 0 Å². The first-order chi connectivity index (χ1) is 9.30. The highest BCUT2D eigenvalue weighted by atomic mass is 19.4. The van der Waals surface area contributed by atoms with E-state index in [0.29, 0.717) is 13.0 Å². The predicted molar refractivity (Wildman–Crippen MR) is 67.1 cm³/mol. The number of carbonyl (C=O) groups is 1. The molecule has 1 heterocycles. The van der Waals surface area contributed by atoms with Crippen LogP contribution in [0.15, 0.2) is 24.3 Å². The maximum absolute atomic E-state index is 12.9. The number of rotatable bonds is 1. The summed E-state index contributed by atoms with van der Waals surface area (Å²) in [6.45, 7) is 2.30. The molecule has 1 N–H and O–H groups in total. The Morgan fingerprint density at radius 1 is 1.35 bits per heavy atom. The van der Waals surface area contributed by atoms with Gasteiger partial charge in [-0.3, -0.25) is 4.79 Å². The molecule has 110 valence electrons. The Morgan fingerprint density at radius 3 is 2.60 bits per heavy atom. The Morgan fingerprint density at radius 2 is 2.00 bits per heavy atom. The largest absolute Gasteiger partial charge is 0.417 e. The first-order valence-corrected chi connectivity index (χ1v) is 6.44. The highest BCUT2D eigenvalue weighted by molar-refractivity contribution is 5.96. The van der Waals surface area contributed by atoms with Crippen molar-refractivity contribution < 1.29 is 23.1 Å². The fourth-order valence-corrected chi connectivity index (χ4v) is 2.32. The predicted octanol–water partition coefficient (Wildman–Crippen LogP) is 2.55. The molecule has 6 heteroatoms. The van der Waals surface area contributed by atoms with Crippen molar-refractivity contribution in [1.82, 2.24) is 4.90 Å². The van der Waals surface area contributed by atoms with Crippen molar-refractivity contribution in [2.45, 2.75) is 25.6 Å². The number of nitrogens with zero attached hydrogens (tertiary/aromatic N) is 1.